The van der Waals surface area contributed by atoms with Crippen LogP contribution in [0, 0.1) is 0 Å². The number of nitrogens with zero attached hydrogens (tertiary/aromatic N) is 2. The average molecular weight is 471 g/mol. The summed E-state index contributed by atoms with van der Waals surface area (Å²) in [6.45, 7) is 0. The fourth-order valence-electron chi connectivity index (χ4n) is 6.00. The van der Waals surface area contributed by atoms with Gasteiger partial charge >= 0.3 is 0 Å². The minimum Gasteiger partial charge on any atom is -0.353 e. The molecule has 6 heteroatoms. The quantitative estimate of drug-likeness (QED) is 0.363. The highest BCUT2D eigenvalue weighted by Crippen LogP contribution is 2.45. The first-order chi connectivity index (χ1) is 17.4. The molecule has 0 saturated heterocycles. The molecule has 0 N–H and O–H groups in total. The highest BCUT2D eigenvalue weighted by atomic mass is 16.1. The molecule has 7 rings (SSSR count). The van der Waals surface area contributed by atoms with Crippen molar-refractivity contribution in [2.75, 3.05) is 19.0 Å². The number of carbonyl (C=O) groups is 4. The van der Waals surface area contributed by atoms with Gasteiger partial charge in [0, 0.05) is 52.1 Å². The summed E-state index contributed by atoms with van der Waals surface area (Å²) in [5, 5.41) is 0. The van der Waals surface area contributed by atoms with E-state index in [-0.39, 0.29) is 23.1 Å². The summed E-state index contributed by atoms with van der Waals surface area (Å²) in [7, 11) is 3.69. The van der Waals surface area contributed by atoms with E-state index in [9.17, 15) is 19.2 Å². The van der Waals surface area contributed by atoms with Crippen LogP contribution in [0.4, 0.5) is 11.4 Å². The molecule has 0 radical (unpaired) electrons. The highest BCUT2D eigenvalue weighted by molar-refractivity contribution is 6.33. The van der Waals surface area contributed by atoms with E-state index < -0.39 is 6.04 Å². The average Bonchev–Trinajstić information content (AvgIpc) is 2.92. The molecule has 1 heterocycles. The van der Waals surface area contributed by atoms with Crippen LogP contribution in [0.25, 0.3) is 0 Å². The normalized spacial score (nSPS) is 19.5. The molecule has 0 bridgehead atoms. The van der Waals surface area contributed by atoms with Crippen molar-refractivity contribution >= 4 is 40.2 Å². The van der Waals surface area contributed by atoms with Gasteiger partial charge in [-0.1, -0.05) is 48.5 Å². The predicted molar refractivity (Wildman–Crippen MR) is 134 cm³/mol. The third-order valence-electron chi connectivity index (χ3n) is 7.70. The van der Waals surface area contributed by atoms with Crippen molar-refractivity contribution in [2.45, 2.75) is 6.04 Å². The van der Waals surface area contributed by atoms with Gasteiger partial charge in [0.2, 0.25) is 17.2 Å². The SMILES string of the molecule is CN1c2ccc3c(c2[N+](C)=C2C=CC4=C(C(=O)c5ccccc5C4=O)C21)C(=O)c1ccccc1C3=O. The second-order valence-electron chi connectivity index (χ2n) is 9.42. The molecule has 172 valence electrons. The Morgan fingerprint density at radius 2 is 1.25 bits per heavy atom. The van der Waals surface area contributed by atoms with Crippen LogP contribution in [0.2, 0.25) is 0 Å². The third kappa shape index (κ3) is 2.38. The zero-order valence-electron chi connectivity index (χ0n) is 19.5. The highest BCUT2D eigenvalue weighted by Gasteiger charge is 2.48. The lowest BCUT2D eigenvalue weighted by atomic mass is 9.75. The molecule has 0 fully saturated rings. The van der Waals surface area contributed by atoms with Crippen LogP contribution in [-0.2, 0) is 0 Å². The molecule has 1 aliphatic heterocycles. The molecule has 0 amide bonds. The summed E-state index contributed by atoms with van der Waals surface area (Å²) < 4.78 is 1.89. The second kappa shape index (κ2) is 6.92. The number of fused-ring (bicyclic) bond motifs is 7. The number of allylic oxidation sites excluding steroid dienone is 2. The zero-order valence-corrected chi connectivity index (χ0v) is 19.5. The monoisotopic (exact) mass is 471 g/mol. The summed E-state index contributed by atoms with van der Waals surface area (Å²) in [6, 6.07) is 16.8. The fraction of sp³-hybridized carbons (Fsp3) is 0.100. The van der Waals surface area contributed by atoms with Crippen molar-refractivity contribution in [1.29, 1.82) is 0 Å². The van der Waals surface area contributed by atoms with Crippen LogP contribution in [0.15, 0.2) is 84.0 Å². The van der Waals surface area contributed by atoms with Gasteiger partial charge in [-0.15, -0.1) is 0 Å². The number of carbonyl (C=O) groups excluding carboxylic acids is 4. The Balaban J connectivity index is 1.46. The molecule has 0 spiro atoms. The maximum Gasteiger partial charge on any atom is 0.240 e. The van der Waals surface area contributed by atoms with E-state index in [0.29, 0.717) is 55.9 Å². The van der Waals surface area contributed by atoms with Crippen LogP contribution in [-0.4, -0.2) is 53.6 Å². The van der Waals surface area contributed by atoms with E-state index in [2.05, 4.69) is 0 Å². The minimum atomic E-state index is -0.507. The minimum absolute atomic E-state index is 0.167. The number of likely N-dealkylation sites (N-methyl/N-ethyl adjacent to an activating group) is 1. The van der Waals surface area contributed by atoms with E-state index >= 15 is 0 Å². The molecule has 6 nitrogen and oxygen atoms in total. The Bertz CT molecular complexity index is 1740. The van der Waals surface area contributed by atoms with Crippen LogP contribution in [0.3, 0.4) is 0 Å². The van der Waals surface area contributed by atoms with Crippen LogP contribution < -0.4 is 4.90 Å². The van der Waals surface area contributed by atoms with Crippen LogP contribution in [0.1, 0.15) is 52.6 Å². The Labute approximate surface area is 206 Å². The van der Waals surface area contributed by atoms with Crippen molar-refractivity contribution < 1.29 is 23.8 Å². The summed E-state index contributed by atoms with van der Waals surface area (Å²) in [5.74, 6) is -0.719. The Kier molecular flexibility index (Phi) is 3.97. The summed E-state index contributed by atoms with van der Waals surface area (Å²) in [6.07, 6.45) is 3.54. The first-order valence-corrected chi connectivity index (χ1v) is 11.7. The van der Waals surface area contributed by atoms with Crippen LogP contribution in [0.5, 0.6) is 0 Å². The Hall–Kier alpha value is -4.71. The number of ketones is 4. The molecule has 0 aromatic heterocycles. The summed E-state index contributed by atoms with van der Waals surface area (Å²) in [4.78, 5) is 55.9. The predicted octanol–water partition coefficient (Wildman–Crippen LogP) is 3.94. The molecule has 1 atom stereocenters. The standard InChI is InChI=1S/C30H19N2O4/c1-31-21-13-11-20-24(30(36)18-10-6-4-8-16(18)28(20)34)26(21)32(2)22-14-12-19-23(25(22)31)29(35)17-9-5-3-7-15(17)27(19)33/h3-14,25H,1-2H3/q+1. The van der Waals surface area contributed by atoms with Gasteiger partial charge in [-0.2, -0.15) is 4.58 Å². The lowest BCUT2D eigenvalue weighted by Crippen LogP contribution is -2.50. The number of Topliss-reactive ketones (excluding diaryl/α,β-unsaturated/α-hetero) is 2. The summed E-state index contributed by atoms with van der Waals surface area (Å²) >= 11 is 0. The number of benzene rings is 3. The second-order valence-corrected chi connectivity index (χ2v) is 9.42. The fourth-order valence-corrected chi connectivity index (χ4v) is 6.00. The van der Waals surface area contributed by atoms with Crippen molar-refractivity contribution in [1.82, 2.24) is 0 Å². The Morgan fingerprint density at radius 3 is 1.92 bits per heavy atom. The molecule has 36 heavy (non-hydrogen) atoms. The van der Waals surface area contributed by atoms with Crippen molar-refractivity contribution in [2.24, 2.45) is 0 Å². The van der Waals surface area contributed by atoms with Gasteiger partial charge in [-0.25, -0.2) is 0 Å². The van der Waals surface area contributed by atoms with E-state index in [1.54, 1.807) is 60.7 Å². The Morgan fingerprint density at radius 1 is 0.667 bits per heavy atom. The maximum atomic E-state index is 13.7. The van der Waals surface area contributed by atoms with Gasteiger partial charge in [0.15, 0.2) is 17.3 Å². The van der Waals surface area contributed by atoms with Gasteiger partial charge in [-0.05, 0) is 18.2 Å². The van der Waals surface area contributed by atoms with Crippen molar-refractivity contribution in [3.8, 4) is 0 Å². The van der Waals surface area contributed by atoms with Crippen molar-refractivity contribution in [3.63, 3.8) is 0 Å². The summed E-state index contributed by atoms with van der Waals surface area (Å²) in [5.41, 5.74) is 5.27. The number of rotatable bonds is 0. The molecule has 1 unspecified atom stereocenters. The smallest absolute Gasteiger partial charge is 0.240 e. The lowest BCUT2D eigenvalue weighted by Gasteiger charge is -2.38. The van der Waals surface area contributed by atoms with E-state index in [1.807, 2.05) is 35.7 Å². The number of hydrogen-bond donors (Lipinski definition) is 0. The third-order valence-corrected chi connectivity index (χ3v) is 7.70. The number of hydrogen-bond acceptors (Lipinski definition) is 5. The van der Waals surface area contributed by atoms with Gasteiger partial charge in [0.05, 0.1) is 0 Å². The van der Waals surface area contributed by atoms with E-state index in [4.69, 9.17) is 0 Å². The molecular formula is C30H19N2O4+. The van der Waals surface area contributed by atoms with E-state index in [1.165, 1.54) is 0 Å². The molecule has 4 aliphatic rings. The van der Waals surface area contributed by atoms with E-state index in [0.717, 1.165) is 5.71 Å². The number of anilines is 1. The first kappa shape index (κ1) is 20.6. The van der Waals surface area contributed by atoms with Gasteiger partial charge in [0.25, 0.3) is 0 Å². The molecule has 3 aromatic rings. The maximum absolute atomic E-state index is 13.7. The molecule has 3 aromatic carbocycles. The lowest BCUT2D eigenvalue weighted by molar-refractivity contribution is -0.406. The van der Waals surface area contributed by atoms with Crippen LogP contribution >= 0.6 is 0 Å². The van der Waals surface area contributed by atoms with Gasteiger partial charge < -0.3 is 4.90 Å². The first-order valence-electron chi connectivity index (χ1n) is 11.7. The molecular weight excluding hydrogens is 452 g/mol. The van der Waals surface area contributed by atoms with Gasteiger partial charge in [0.1, 0.15) is 24.3 Å². The van der Waals surface area contributed by atoms with Gasteiger partial charge in [-0.3, -0.25) is 19.2 Å². The molecule has 3 aliphatic carbocycles. The van der Waals surface area contributed by atoms with Crippen molar-refractivity contribution in [3.05, 3.63) is 117 Å². The molecule has 0 saturated carbocycles. The largest absolute Gasteiger partial charge is 0.353 e. The topological polar surface area (TPSA) is 74.5 Å². The zero-order chi connectivity index (χ0) is 24.9.